The van der Waals surface area contributed by atoms with Gasteiger partial charge in [0.2, 0.25) is 5.88 Å². The maximum absolute atomic E-state index is 13.1. The molecule has 0 saturated heterocycles. The molecular formula is C29H21F3N4O2. The Morgan fingerprint density at radius 3 is 2.50 bits per heavy atom. The van der Waals surface area contributed by atoms with E-state index < -0.39 is 17.6 Å². The van der Waals surface area contributed by atoms with Gasteiger partial charge in [0, 0.05) is 40.8 Å². The smallest absolute Gasteiger partial charge is 0.416 e. The first-order valence-corrected chi connectivity index (χ1v) is 11.8. The topological polar surface area (TPSA) is 77.0 Å². The number of hydrogen-bond acceptors (Lipinski definition) is 5. The molecule has 1 N–H and O–H groups in total. The predicted octanol–water partition coefficient (Wildman–Crippen LogP) is 7.32. The minimum Gasteiger partial charge on any atom is -0.438 e. The number of fused-ring (bicyclic) bond motifs is 1. The largest absolute Gasteiger partial charge is 0.438 e. The van der Waals surface area contributed by atoms with Crippen LogP contribution in [0.15, 0.2) is 91.3 Å². The highest BCUT2D eigenvalue weighted by molar-refractivity contribution is 6.10. The highest BCUT2D eigenvalue weighted by atomic mass is 19.4. The lowest BCUT2D eigenvalue weighted by Gasteiger charge is -2.15. The Kier molecular flexibility index (Phi) is 6.74. The van der Waals surface area contributed by atoms with Crippen LogP contribution in [0.5, 0.6) is 11.6 Å². The van der Waals surface area contributed by atoms with Gasteiger partial charge in [-0.1, -0.05) is 37.3 Å². The van der Waals surface area contributed by atoms with Crippen LogP contribution < -0.4 is 10.1 Å². The number of alkyl halides is 3. The van der Waals surface area contributed by atoms with Crippen LogP contribution in [0.25, 0.3) is 22.0 Å². The molecule has 3 aromatic carbocycles. The van der Waals surface area contributed by atoms with Crippen LogP contribution in [0.2, 0.25) is 0 Å². The molecule has 38 heavy (non-hydrogen) atoms. The number of anilines is 1. The van der Waals surface area contributed by atoms with Crippen molar-refractivity contribution in [2.45, 2.75) is 19.5 Å². The average molecular weight is 515 g/mol. The quantitative estimate of drug-likeness (QED) is 0.257. The number of carbonyl (C=O) groups is 1. The lowest BCUT2D eigenvalue weighted by Crippen LogP contribution is -2.14. The third kappa shape index (κ3) is 5.17. The second kappa shape index (κ2) is 10.3. The number of rotatable bonds is 6. The van der Waals surface area contributed by atoms with Crippen LogP contribution in [0.3, 0.4) is 0 Å². The van der Waals surface area contributed by atoms with Gasteiger partial charge in [0.05, 0.1) is 16.8 Å². The first kappa shape index (κ1) is 24.9. The van der Waals surface area contributed by atoms with Crippen molar-refractivity contribution in [3.63, 3.8) is 0 Å². The zero-order chi connectivity index (χ0) is 26.7. The number of halogens is 3. The Balaban J connectivity index is 1.48. The van der Waals surface area contributed by atoms with Crippen molar-refractivity contribution >= 4 is 22.4 Å². The summed E-state index contributed by atoms with van der Waals surface area (Å²) >= 11 is 0. The monoisotopic (exact) mass is 514 g/mol. The van der Waals surface area contributed by atoms with Crippen molar-refractivity contribution in [3.05, 3.63) is 108 Å². The number of aromatic nitrogens is 3. The fourth-order valence-electron chi connectivity index (χ4n) is 3.99. The first-order chi connectivity index (χ1) is 18.3. The molecule has 0 spiro atoms. The Bertz CT molecular complexity index is 1640. The van der Waals surface area contributed by atoms with Gasteiger partial charge in [-0.2, -0.15) is 13.2 Å². The molecule has 0 aliphatic carbocycles. The number of nitrogens with one attached hydrogen (secondary N) is 1. The lowest BCUT2D eigenvalue weighted by molar-refractivity contribution is -0.137. The van der Waals surface area contributed by atoms with Gasteiger partial charge in [-0.05, 0) is 48.5 Å². The maximum Gasteiger partial charge on any atom is 0.416 e. The molecule has 0 bridgehead atoms. The third-order valence-corrected chi connectivity index (χ3v) is 5.86. The van der Waals surface area contributed by atoms with Gasteiger partial charge in [-0.15, -0.1) is 0 Å². The lowest BCUT2D eigenvalue weighted by atomic mass is 10.1. The molecule has 1 amide bonds. The summed E-state index contributed by atoms with van der Waals surface area (Å²) in [5, 5.41) is 4.06. The summed E-state index contributed by atoms with van der Waals surface area (Å²) in [7, 11) is 0. The fraction of sp³-hybridized carbons (Fsp3) is 0.103. The summed E-state index contributed by atoms with van der Waals surface area (Å²) in [6, 6.07) is 20.3. The summed E-state index contributed by atoms with van der Waals surface area (Å²) in [6.45, 7) is 1.97. The van der Waals surface area contributed by atoms with Gasteiger partial charge in [-0.25, -0.2) is 15.0 Å². The minimum atomic E-state index is -4.55. The van der Waals surface area contributed by atoms with Gasteiger partial charge in [0.15, 0.2) is 0 Å². The molecule has 0 aliphatic heterocycles. The molecule has 0 atom stereocenters. The number of amides is 1. The van der Waals surface area contributed by atoms with E-state index in [0.717, 1.165) is 12.1 Å². The fourth-order valence-corrected chi connectivity index (χ4v) is 3.99. The average Bonchev–Trinajstić information content (AvgIpc) is 2.94. The van der Waals surface area contributed by atoms with Crippen molar-refractivity contribution in [2.75, 3.05) is 5.32 Å². The zero-order valence-electron chi connectivity index (χ0n) is 20.2. The number of ether oxygens (including phenoxy) is 1. The van der Waals surface area contributed by atoms with E-state index in [9.17, 15) is 18.0 Å². The Hall–Kier alpha value is -4.79. The molecule has 0 saturated carbocycles. The number of carbonyl (C=O) groups excluding carboxylic acids is 1. The molecular weight excluding hydrogens is 493 g/mol. The highest BCUT2D eigenvalue weighted by Gasteiger charge is 2.31. The number of benzene rings is 3. The van der Waals surface area contributed by atoms with Crippen molar-refractivity contribution in [2.24, 2.45) is 0 Å². The van der Waals surface area contributed by atoms with Crippen LogP contribution in [0.1, 0.15) is 28.7 Å². The molecule has 9 heteroatoms. The van der Waals surface area contributed by atoms with Crippen molar-refractivity contribution in [3.8, 4) is 22.9 Å². The molecule has 0 unspecified atom stereocenters. The third-order valence-electron chi connectivity index (χ3n) is 5.86. The molecule has 0 radical (unpaired) electrons. The normalized spacial score (nSPS) is 11.4. The standard InChI is InChI=1S/C29H21F3N4O2/c1-2-26-33-16-14-24(35-26)22-11-6-15-34-28(22)38-25-13-12-23(20-9-3-4-10-21(20)25)36-27(37)18-7-5-8-19(17-18)29(30,31)32/h3-17H,2H2,1H3,(H,36,37). The summed E-state index contributed by atoms with van der Waals surface area (Å²) in [4.78, 5) is 26.1. The van der Waals surface area contributed by atoms with Crippen LogP contribution in [0.4, 0.5) is 18.9 Å². The molecule has 0 fully saturated rings. The second-order valence-electron chi connectivity index (χ2n) is 8.36. The number of nitrogens with zero attached hydrogens (tertiary/aromatic N) is 3. The molecule has 2 aromatic heterocycles. The van der Waals surface area contributed by atoms with Crippen LogP contribution in [0, 0.1) is 0 Å². The minimum absolute atomic E-state index is 0.0985. The van der Waals surface area contributed by atoms with E-state index in [0.29, 0.717) is 51.6 Å². The zero-order valence-corrected chi connectivity index (χ0v) is 20.2. The van der Waals surface area contributed by atoms with Gasteiger partial charge < -0.3 is 10.1 Å². The number of hydrogen-bond donors (Lipinski definition) is 1. The summed E-state index contributed by atoms with van der Waals surface area (Å²) in [5.74, 6) is 0.877. The molecule has 5 aromatic rings. The van der Waals surface area contributed by atoms with E-state index in [-0.39, 0.29) is 5.56 Å². The highest BCUT2D eigenvalue weighted by Crippen LogP contribution is 2.37. The Morgan fingerprint density at radius 1 is 0.895 bits per heavy atom. The van der Waals surface area contributed by atoms with E-state index >= 15 is 0 Å². The molecule has 6 nitrogen and oxygen atoms in total. The Labute approximate surface area is 216 Å². The van der Waals surface area contributed by atoms with Gasteiger partial charge in [0.25, 0.3) is 5.91 Å². The van der Waals surface area contributed by atoms with E-state index in [4.69, 9.17) is 4.74 Å². The van der Waals surface area contributed by atoms with Crippen molar-refractivity contribution in [1.82, 2.24) is 15.0 Å². The van der Waals surface area contributed by atoms with Gasteiger partial charge in [0.1, 0.15) is 11.6 Å². The summed E-state index contributed by atoms with van der Waals surface area (Å²) in [5.41, 5.74) is 0.808. The van der Waals surface area contributed by atoms with E-state index in [2.05, 4.69) is 20.3 Å². The van der Waals surface area contributed by atoms with E-state index in [1.54, 1.807) is 48.8 Å². The van der Waals surface area contributed by atoms with Crippen LogP contribution >= 0.6 is 0 Å². The van der Waals surface area contributed by atoms with E-state index in [1.807, 2.05) is 25.1 Å². The van der Waals surface area contributed by atoms with Crippen molar-refractivity contribution < 1.29 is 22.7 Å². The molecule has 0 aliphatic rings. The second-order valence-corrected chi connectivity index (χ2v) is 8.36. The number of aryl methyl sites for hydroxylation is 1. The predicted molar refractivity (Wildman–Crippen MR) is 138 cm³/mol. The summed E-state index contributed by atoms with van der Waals surface area (Å²) < 4.78 is 45.6. The number of pyridine rings is 1. The van der Waals surface area contributed by atoms with Gasteiger partial charge in [-0.3, -0.25) is 4.79 Å². The summed E-state index contributed by atoms with van der Waals surface area (Å²) in [6.07, 6.45) is -0.555. The first-order valence-electron chi connectivity index (χ1n) is 11.8. The molecule has 2 heterocycles. The van der Waals surface area contributed by atoms with Crippen LogP contribution in [-0.4, -0.2) is 20.9 Å². The molecule has 190 valence electrons. The van der Waals surface area contributed by atoms with Crippen molar-refractivity contribution in [1.29, 1.82) is 0 Å². The maximum atomic E-state index is 13.1. The van der Waals surface area contributed by atoms with E-state index in [1.165, 1.54) is 12.1 Å². The Morgan fingerprint density at radius 2 is 1.71 bits per heavy atom. The van der Waals surface area contributed by atoms with Gasteiger partial charge >= 0.3 is 6.18 Å². The SMILES string of the molecule is CCc1nccc(-c2cccnc2Oc2ccc(NC(=O)c3cccc(C(F)(F)F)c3)c3ccccc23)n1. The molecule has 5 rings (SSSR count). The van der Waals surface area contributed by atoms with Crippen LogP contribution in [-0.2, 0) is 12.6 Å².